The SMILES string of the molecule is Cn1ncc(NCc2cccnn2)c(Cl)c1=O. The summed E-state index contributed by atoms with van der Waals surface area (Å²) in [5.41, 5.74) is 0.903. The van der Waals surface area contributed by atoms with Crippen LogP contribution < -0.4 is 10.9 Å². The molecular formula is C10H10ClN5O. The predicted octanol–water partition coefficient (Wildman–Crippen LogP) is 0.836. The van der Waals surface area contributed by atoms with E-state index in [1.54, 1.807) is 19.3 Å². The van der Waals surface area contributed by atoms with Crippen molar-refractivity contribution in [1.82, 2.24) is 20.0 Å². The van der Waals surface area contributed by atoms with E-state index in [9.17, 15) is 4.79 Å². The fourth-order valence-corrected chi connectivity index (χ4v) is 1.49. The van der Waals surface area contributed by atoms with Crippen LogP contribution in [0.5, 0.6) is 0 Å². The van der Waals surface area contributed by atoms with Gasteiger partial charge >= 0.3 is 0 Å². The molecule has 2 heterocycles. The van der Waals surface area contributed by atoms with Crippen molar-refractivity contribution in [2.75, 3.05) is 5.32 Å². The molecule has 2 aromatic heterocycles. The Morgan fingerprint density at radius 3 is 3.06 bits per heavy atom. The number of aryl methyl sites for hydroxylation is 1. The molecule has 1 N–H and O–H groups in total. The highest BCUT2D eigenvalue weighted by Gasteiger charge is 2.06. The van der Waals surface area contributed by atoms with Gasteiger partial charge in [-0.1, -0.05) is 11.6 Å². The third-order valence-electron chi connectivity index (χ3n) is 2.17. The molecule has 0 aromatic carbocycles. The van der Waals surface area contributed by atoms with E-state index in [2.05, 4.69) is 20.6 Å². The van der Waals surface area contributed by atoms with Crippen molar-refractivity contribution in [1.29, 1.82) is 0 Å². The second-order valence-electron chi connectivity index (χ2n) is 3.37. The number of halogens is 1. The second kappa shape index (κ2) is 4.92. The lowest BCUT2D eigenvalue weighted by atomic mass is 10.3. The Kier molecular flexibility index (Phi) is 3.34. The van der Waals surface area contributed by atoms with E-state index in [-0.39, 0.29) is 10.6 Å². The summed E-state index contributed by atoms with van der Waals surface area (Å²) in [6.07, 6.45) is 3.09. The molecule has 7 heteroatoms. The molecule has 0 aliphatic carbocycles. The van der Waals surface area contributed by atoms with Crippen LogP contribution in [0.25, 0.3) is 0 Å². The molecule has 2 aromatic rings. The first-order chi connectivity index (χ1) is 8.18. The molecule has 0 saturated carbocycles. The van der Waals surface area contributed by atoms with Crippen molar-refractivity contribution >= 4 is 17.3 Å². The van der Waals surface area contributed by atoms with E-state index >= 15 is 0 Å². The van der Waals surface area contributed by atoms with E-state index in [4.69, 9.17) is 11.6 Å². The minimum atomic E-state index is -0.337. The highest BCUT2D eigenvalue weighted by atomic mass is 35.5. The number of hydrogen-bond donors (Lipinski definition) is 1. The third-order valence-corrected chi connectivity index (χ3v) is 2.53. The zero-order valence-corrected chi connectivity index (χ0v) is 9.85. The molecule has 0 aliphatic rings. The Bertz CT molecular complexity index is 569. The van der Waals surface area contributed by atoms with Crippen molar-refractivity contribution in [3.63, 3.8) is 0 Å². The van der Waals surface area contributed by atoms with Gasteiger partial charge in [0, 0.05) is 13.2 Å². The summed E-state index contributed by atoms with van der Waals surface area (Å²) in [6.45, 7) is 0.433. The zero-order chi connectivity index (χ0) is 12.3. The van der Waals surface area contributed by atoms with Crippen LogP contribution in [0, 0.1) is 0 Å². The number of rotatable bonds is 3. The molecule has 2 rings (SSSR count). The molecule has 0 radical (unpaired) electrons. The molecule has 0 fully saturated rings. The van der Waals surface area contributed by atoms with Gasteiger partial charge in [0.2, 0.25) is 0 Å². The Labute approximate surface area is 102 Å². The minimum absolute atomic E-state index is 0.117. The van der Waals surface area contributed by atoms with Crippen LogP contribution in [-0.4, -0.2) is 20.0 Å². The molecule has 88 valence electrons. The van der Waals surface area contributed by atoms with E-state index in [1.807, 2.05) is 6.07 Å². The first-order valence-corrected chi connectivity index (χ1v) is 5.28. The van der Waals surface area contributed by atoms with E-state index in [0.29, 0.717) is 12.2 Å². The van der Waals surface area contributed by atoms with E-state index < -0.39 is 0 Å². The molecule has 0 saturated heterocycles. The number of nitrogens with zero attached hydrogens (tertiary/aromatic N) is 4. The quantitative estimate of drug-likeness (QED) is 0.875. The van der Waals surface area contributed by atoms with Crippen molar-refractivity contribution in [2.24, 2.45) is 7.05 Å². The maximum atomic E-state index is 11.5. The van der Waals surface area contributed by atoms with Gasteiger partial charge in [-0.25, -0.2) is 4.68 Å². The highest BCUT2D eigenvalue weighted by molar-refractivity contribution is 6.32. The van der Waals surface area contributed by atoms with Gasteiger partial charge in [0.05, 0.1) is 24.1 Å². The number of hydrogen-bond acceptors (Lipinski definition) is 5. The molecule has 0 bridgehead atoms. The van der Waals surface area contributed by atoms with E-state index in [0.717, 1.165) is 5.69 Å². The number of anilines is 1. The van der Waals surface area contributed by atoms with Gasteiger partial charge in [-0.3, -0.25) is 4.79 Å². The Balaban J connectivity index is 2.15. The van der Waals surface area contributed by atoms with Gasteiger partial charge in [0.1, 0.15) is 5.02 Å². The monoisotopic (exact) mass is 251 g/mol. The van der Waals surface area contributed by atoms with Crippen LogP contribution in [0.2, 0.25) is 5.02 Å². The fourth-order valence-electron chi connectivity index (χ4n) is 1.25. The van der Waals surface area contributed by atoms with Gasteiger partial charge in [0.15, 0.2) is 0 Å². The largest absolute Gasteiger partial charge is 0.377 e. The van der Waals surface area contributed by atoms with Gasteiger partial charge in [-0.05, 0) is 12.1 Å². The first-order valence-electron chi connectivity index (χ1n) is 4.91. The predicted molar refractivity (Wildman–Crippen MR) is 63.8 cm³/mol. The third kappa shape index (κ3) is 2.59. The summed E-state index contributed by atoms with van der Waals surface area (Å²) in [6, 6.07) is 3.61. The average Bonchev–Trinajstić information content (AvgIpc) is 2.36. The van der Waals surface area contributed by atoms with Crippen LogP contribution in [-0.2, 0) is 13.6 Å². The van der Waals surface area contributed by atoms with Crippen LogP contribution >= 0.6 is 11.6 Å². The molecule has 0 unspecified atom stereocenters. The summed E-state index contributed by atoms with van der Waals surface area (Å²) in [5.74, 6) is 0. The van der Waals surface area contributed by atoms with Crippen molar-refractivity contribution in [2.45, 2.75) is 6.54 Å². The number of nitrogens with one attached hydrogen (secondary N) is 1. The molecule has 6 nitrogen and oxygen atoms in total. The van der Waals surface area contributed by atoms with Crippen molar-refractivity contribution in [3.8, 4) is 0 Å². The van der Waals surface area contributed by atoms with Gasteiger partial charge in [0.25, 0.3) is 5.56 Å². The molecule has 0 atom stereocenters. The molecule has 0 spiro atoms. The molecule has 0 amide bonds. The van der Waals surface area contributed by atoms with Crippen LogP contribution in [0.1, 0.15) is 5.69 Å². The first kappa shape index (κ1) is 11.5. The van der Waals surface area contributed by atoms with Crippen LogP contribution in [0.4, 0.5) is 5.69 Å². The Morgan fingerprint density at radius 2 is 2.35 bits per heavy atom. The number of aromatic nitrogens is 4. The van der Waals surface area contributed by atoms with Crippen LogP contribution in [0.3, 0.4) is 0 Å². The molecule has 0 aliphatic heterocycles. The minimum Gasteiger partial charge on any atom is -0.377 e. The summed E-state index contributed by atoms with van der Waals surface area (Å²) < 4.78 is 1.18. The molecular weight excluding hydrogens is 242 g/mol. The highest BCUT2D eigenvalue weighted by Crippen LogP contribution is 2.15. The van der Waals surface area contributed by atoms with Crippen LogP contribution in [0.15, 0.2) is 29.3 Å². The topological polar surface area (TPSA) is 72.7 Å². The average molecular weight is 252 g/mol. The summed E-state index contributed by atoms with van der Waals surface area (Å²) in [7, 11) is 1.54. The normalized spacial score (nSPS) is 10.2. The van der Waals surface area contributed by atoms with Crippen molar-refractivity contribution < 1.29 is 0 Å². The lowest BCUT2D eigenvalue weighted by Gasteiger charge is -2.07. The summed E-state index contributed by atoms with van der Waals surface area (Å²) >= 11 is 5.89. The van der Waals surface area contributed by atoms with E-state index in [1.165, 1.54) is 10.9 Å². The molecule has 17 heavy (non-hydrogen) atoms. The Hall–Kier alpha value is -1.95. The van der Waals surface area contributed by atoms with Gasteiger partial charge in [-0.2, -0.15) is 15.3 Å². The second-order valence-corrected chi connectivity index (χ2v) is 3.75. The Morgan fingerprint density at radius 1 is 1.53 bits per heavy atom. The maximum absolute atomic E-state index is 11.5. The lowest BCUT2D eigenvalue weighted by molar-refractivity contribution is 0.708. The fraction of sp³-hybridized carbons (Fsp3) is 0.200. The van der Waals surface area contributed by atoms with Crippen molar-refractivity contribution in [3.05, 3.63) is 45.6 Å². The zero-order valence-electron chi connectivity index (χ0n) is 9.09. The maximum Gasteiger partial charge on any atom is 0.287 e. The summed E-state index contributed by atoms with van der Waals surface area (Å²) in [5, 5.41) is 14.6. The standard InChI is InChI=1S/C10H10ClN5O/c1-16-10(17)9(11)8(6-14-16)12-5-7-3-2-4-13-15-7/h2-4,6,12H,5H2,1H3. The summed E-state index contributed by atoms with van der Waals surface area (Å²) in [4.78, 5) is 11.5. The smallest absolute Gasteiger partial charge is 0.287 e. The van der Waals surface area contributed by atoms with Gasteiger partial charge in [-0.15, -0.1) is 0 Å². The lowest BCUT2D eigenvalue weighted by Crippen LogP contribution is -2.21. The van der Waals surface area contributed by atoms with Gasteiger partial charge < -0.3 is 5.32 Å².